The van der Waals surface area contributed by atoms with Crippen molar-refractivity contribution in [3.05, 3.63) is 41.6 Å². The summed E-state index contributed by atoms with van der Waals surface area (Å²) in [6, 6.07) is 7.73. The molecule has 1 aliphatic rings. The van der Waals surface area contributed by atoms with E-state index in [9.17, 15) is 10.0 Å². The highest BCUT2D eigenvalue weighted by Crippen LogP contribution is 2.44. The molecule has 0 bridgehead atoms. The molecule has 5 heteroatoms. The molecule has 0 aliphatic carbocycles. The lowest BCUT2D eigenvalue weighted by molar-refractivity contribution is -0.234. The van der Waals surface area contributed by atoms with E-state index in [4.69, 9.17) is 4.74 Å². The normalized spacial score (nSPS) is 19.5. The predicted molar refractivity (Wildman–Crippen MR) is 92.9 cm³/mol. The number of fused-ring (bicyclic) bond motifs is 1. The molecule has 5 nitrogen and oxygen atoms in total. The van der Waals surface area contributed by atoms with Crippen LogP contribution in [-0.2, 0) is 9.94 Å². The number of esters is 1. The molecule has 0 spiro atoms. The van der Waals surface area contributed by atoms with Crippen LogP contribution in [0.4, 0.5) is 0 Å². The number of H-pyrrole nitrogens is 1. The fraction of sp³-hybridized carbons (Fsp3) is 0.421. The average Bonchev–Trinajstić information content (AvgIpc) is 3.00. The lowest BCUT2D eigenvalue weighted by Crippen LogP contribution is -2.46. The van der Waals surface area contributed by atoms with Crippen LogP contribution in [0.2, 0.25) is 0 Å². The Kier molecular flexibility index (Phi) is 3.81. The van der Waals surface area contributed by atoms with Gasteiger partial charge in [-0.2, -0.15) is 0 Å². The van der Waals surface area contributed by atoms with Gasteiger partial charge >= 0.3 is 5.97 Å². The molecule has 1 aliphatic heterocycles. The summed E-state index contributed by atoms with van der Waals surface area (Å²) < 4.78 is 5.03. The van der Waals surface area contributed by atoms with Gasteiger partial charge in [-0.05, 0) is 57.9 Å². The minimum Gasteiger partial charge on any atom is -0.461 e. The number of benzene rings is 1. The largest absolute Gasteiger partial charge is 0.461 e. The Morgan fingerprint density at radius 3 is 2.50 bits per heavy atom. The van der Waals surface area contributed by atoms with E-state index >= 15 is 0 Å². The summed E-state index contributed by atoms with van der Waals surface area (Å²) in [7, 11) is 0. The monoisotopic (exact) mass is 327 g/mol. The molecule has 0 unspecified atom stereocenters. The molecule has 0 saturated carbocycles. The maximum atomic E-state index is 12.6. The second-order valence-electron chi connectivity index (χ2n) is 7.27. The van der Waals surface area contributed by atoms with E-state index in [2.05, 4.69) is 4.98 Å². The van der Waals surface area contributed by atoms with Crippen molar-refractivity contribution in [3.8, 4) is 0 Å². The predicted octanol–water partition coefficient (Wildman–Crippen LogP) is 3.95. The lowest BCUT2D eigenvalue weighted by Gasteiger charge is -2.34. The van der Waals surface area contributed by atoms with Gasteiger partial charge in [-0.15, -0.1) is 10.3 Å². The van der Waals surface area contributed by atoms with Gasteiger partial charge in [-0.3, -0.25) is 0 Å². The van der Waals surface area contributed by atoms with Crippen LogP contribution >= 0.6 is 0 Å². The first-order valence-electron chi connectivity index (χ1n) is 8.18. The third kappa shape index (κ3) is 2.54. The highest BCUT2D eigenvalue weighted by molar-refractivity contribution is 5.96. The number of aromatic amines is 1. The first kappa shape index (κ1) is 16.7. The van der Waals surface area contributed by atoms with Crippen LogP contribution < -0.4 is 0 Å². The minimum atomic E-state index is -0.603. The maximum absolute atomic E-state index is 12.6. The van der Waals surface area contributed by atoms with Crippen molar-refractivity contribution in [1.82, 2.24) is 10.0 Å². The van der Waals surface area contributed by atoms with Gasteiger partial charge in [0.2, 0.25) is 0 Å². The van der Waals surface area contributed by atoms with Gasteiger partial charge in [0.15, 0.2) is 0 Å². The second-order valence-corrected chi connectivity index (χ2v) is 7.27. The Morgan fingerprint density at radius 1 is 1.21 bits per heavy atom. The first-order chi connectivity index (χ1) is 11.2. The number of hydrogen-bond donors (Lipinski definition) is 1. The molecule has 0 amide bonds. The number of aromatic nitrogens is 1. The molecule has 0 fully saturated rings. The van der Waals surface area contributed by atoms with Gasteiger partial charge in [0, 0.05) is 10.9 Å². The van der Waals surface area contributed by atoms with Crippen LogP contribution in [0.5, 0.6) is 0 Å². The molecule has 127 valence electrons. The quantitative estimate of drug-likeness (QED) is 0.868. The van der Waals surface area contributed by atoms with Crippen molar-refractivity contribution < 1.29 is 14.7 Å². The molecule has 0 saturated heterocycles. The molecule has 1 aromatic heterocycles. The topological polar surface area (TPSA) is 65.2 Å². The number of nitrogens with zero attached hydrogens (tertiary/aromatic N) is 1. The van der Waals surface area contributed by atoms with Crippen molar-refractivity contribution in [3.63, 3.8) is 0 Å². The number of ether oxygens (including phenoxy) is 1. The molecule has 1 N–H and O–H groups in total. The highest BCUT2D eigenvalue weighted by Gasteiger charge is 2.46. The van der Waals surface area contributed by atoms with Crippen LogP contribution in [0.15, 0.2) is 30.3 Å². The van der Waals surface area contributed by atoms with E-state index in [1.807, 2.05) is 52.0 Å². The second kappa shape index (κ2) is 5.46. The Bertz CT molecular complexity index is 830. The van der Waals surface area contributed by atoms with Crippen LogP contribution in [-0.4, -0.2) is 33.7 Å². The zero-order valence-electron chi connectivity index (χ0n) is 14.8. The lowest BCUT2D eigenvalue weighted by atomic mass is 9.90. The van der Waals surface area contributed by atoms with Crippen molar-refractivity contribution in [2.75, 3.05) is 6.61 Å². The number of carbonyl (C=O) groups is 1. The number of hydrogen-bond acceptors (Lipinski definition) is 3. The van der Waals surface area contributed by atoms with E-state index in [1.165, 1.54) is 0 Å². The minimum absolute atomic E-state index is 0.342. The van der Waals surface area contributed by atoms with E-state index in [1.54, 1.807) is 13.0 Å². The summed E-state index contributed by atoms with van der Waals surface area (Å²) in [5.74, 6) is -0.359. The van der Waals surface area contributed by atoms with Crippen LogP contribution in [0.1, 0.15) is 50.7 Å². The van der Waals surface area contributed by atoms with E-state index in [0.717, 1.165) is 27.1 Å². The Hall–Kier alpha value is -2.11. The number of nitrogens with one attached hydrogen (secondary N) is 1. The molecule has 24 heavy (non-hydrogen) atoms. The van der Waals surface area contributed by atoms with Crippen molar-refractivity contribution in [2.45, 2.75) is 45.7 Å². The summed E-state index contributed by atoms with van der Waals surface area (Å²) in [5.41, 5.74) is 2.13. The summed E-state index contributed by atoms with van der Waals surface area (Å²) in [5, 5.41) is 14.6. The molecule has 3 rings (SSSR count). The van der Waals surface area contributed by atoms with Crippen molar-refractivity contribution in [1.29, 1.82) is 0 Å². The van der Waals surface area contributed by atoms with Crippen molar-refractivity contribution in [2.24, 2.45) is 0 Å². The zero-order valence-corrected chi connectivity index (χ0v) is 14.8. The van der Waals surface area contributed by atoms with E-state index in [0.29, 0.717) is 12.3 Å². The summed E-state index contributed by atoms with van der Waals surface area (Å²) in [4.78, 5) is 15.0. The van der Waals surface area contributed by atoms with E-state index < -0.39 is 11.1 Å². The third-order valence-electron chi connectivity index (χ3n) is 4.62. The molecule has 0 atom stereocenters. The molecule has 1 aromatic carbocycles. The summed E-state index contributed by atoms with van der Waals surface area (Å²) in [6.45, 7) is 9.83. The van der Waals surface area contributed by atoms with Crippen LogP contribution in [0.25, 0.3) is 16.5 Å². The fourth-order valence-electron chi connectivity index (χ4n) is 3.47. The molecule has 2 aromatic rings. The smallest absolute Gasteiger partial charge is 0.354 e. The van der Waals surface area contributed by atoms with Gasteiger partial charge in [-0.25, -0.2) is 4.79 Å². The Balaban J connectivity index is 2.04. The zero-order chi connectivity index (χ0) is 17.7. The Labute approximate surface area is 141 Å². The van der Waals surface area contributed by atoms with Gasteiger partial charge < -0.3 is 9.72 Å². The fourth-order valence-corrected chi connectivity index (χ4v) is 3.47. The van der Waals surface area contributed by atoms with Gasteiger partial charge in [0.1, 0.15) is 5.69 Å². The summed E-state index contributed by atoms with van der Waals surface area (Å²) in [6.07, 6.45) is 2.02. The number of rotatable bonds is 3. The van der Waals surface area contributed by atoms with Crippen LogP contribution in [0.3, 0.4) is 0 Å². The molecule has 1 radical (unpaired) electrons. The molecular weight excluding hydrogens is 304 g/mol. The van der Waals surface area contributed by atoms with Gasteiger partial charge in [-0.1, -0.05) is 18.2 Å². The average molecular weight is 327 g/mol. The molecule has 2 heterocycles. The SMILES string of the molecule is CCOC(=O)c1cc2ccc(C3=CC(C)(C)N([O])C3(C)C)cc2[nH]1. The first-order valence-corrected chi connectivity index (χ1v) is 8.18. The maximum Gasteiger partial charge on any atom is 0.354 e. The third-order valence-corrected chi connectivity index (χ3v) is 4.62. The highest BCUT2D eigenvalue weighted by atomic mass is 16.5. The van der Waals surface area contributed by atoms with E-state index in [-0.39, 0.29) is 5.97 Å². The number of hydroxylamine groups is 2. The van der Waals surface area contributed by atoms with Crippen molar-refractivity contribution >= 4 is 22.4 Å². The Morgan fingerprint density at radius 2 is 1.92 bits per heavy atom. The van der Waals surface area contributed by atoms with Crippen LogP contribution in [0, 0.1) is 0 Å². The molecular formula is C19H23N2O3. The van der Waals surface area contributed by atoms with Gasteiger partial charge in [0.05, 0.1) is 17.7 Å². The summed E-state index contributed by atoms with van der Waals surface area (Å²) >= 11 is 0. The van der Waals surface area contributed by atoms with Gasteiger partial charge in [0.25, 0.3) is 0 Å². The number of carbonyl (C=O) groups excluding carboxylic acids is 1. The standard InChI is InChI=1S/C19H23N2O3/c1-6-24-17(22)16-10-13-8-7-12(9-15(13)20-16)14-11-18(2,3)21(23)19(14,4)5/h7-11,20H,6H2,1-5H3.